The Kier molecular flexibility index (Phi) is 12.6. The first-order chi connectivity index (χ1) is 32.2. The summed E-state index contributed by atoms with van der Waals surface area (Å²) in [5.74, 6) is -1.41. The van der Waals surface area contributed by atoms with Gasteiger partial charge in [-0.25, -0.2) is 39.9 Å². The quantitative estimate of drug-likeness (QED) is 0.0852. The Bertz CT molecular complexity index is 3200. The zero-order valence-electron chi connectivity index (χ0n) is 37.7. The van der Waals surface area contributed by atoms with Crippen molar-refractivity contribution >= 4 is 76.6 Å². The summed E-state index contributed by atoms with van der Waals surface area (Å²) < 4.78 is 77.5. The topological polar surface area (TPSA) is 206 Å². The third-order valence-electron chi connectivity index (χ3n) is 13.3. The van der Waals surface area contributed by atoms with Crippen molar-refractivity contribution in [3.63, 3.8) is 0 Å². The number of nitrogens with zero attached hydrogens (tertiary/aromatic N) is 7. The number of allylic oxidation sites excluding steroid dienone is 1. The molecule has 3 aliphatic rings. The van der Waals surface area contributed by atoms with Gasteiger partial charge in [-0.05, 0) is 103 Å². The number of carbonyl (C=O) groups is 1. The van der Waals surface area contributed by atoms with Crippen molar-refractivity contribution in [3.05, 3.63) is 117 Å². The van der Waals surface area contributed by atoms with Gasteiger partial charge in [-0.3, -0.25) is 19.8 Å². The van der Waals surface area contributed by atoms with Gasteiger partial charge in [0.05, 0.1) is 39.0 Å². The van der Waals surface area contributed by atoms with E-state index >= 15 is 4.39 Å². The van der Waals surface area contributed by atoms with Gasteiger partial charge in [-0.1, -0.05) is 43.2 Å². The second kappa shape index (κ2) is 18.2. The number of nitro benzene ring substituents is 1. The van der Waals surface area contributed by atoms with E-state index in [2.05, 4.69) is 55.6 Å². The van der Waals surface area contributed by atoms with Crippen LogP contribution in [0.1, 0.15) is 61.9 Å². The van der Waals surface area contributed by atoms with Gasteiger partial charge in [-0.15, -0.1) is 0 Å². The molecule has 0 atom stereocenters. The predicted octanol–water partition coefficient (Wildman–Crippen LogP) is 7.51. The summed E-state index contributed by atoms with van der Waals surface area (Å²) in [4.78, 5) is 37.4. The van der Waals surface area contributed by atoms with Crippen LogP contribution in [0.4, 0.5) is 15.8 Å². The Balaban J connectivity index is 0.957. The standard InChI is InChI=1S/C47H51ClFN9O8S2/c1-46(2)14-12-33(38(27-46)31-4-6-34(48)7-5-31)29-54-20-22-55(23-21-54)35-8-10-37(40(25-35)57-41-24-32-13-17-50-44(32)52-39(41)28-51-57)45(59)53-68(64,65)36-9-11-43(42(26-36)58(60)61)66-30-47(49)15-18-56(19-16-47)67(3,62)63/h4-11,13,17,24-26,28H,12,14-16,18-23,27,29-30H2,1-3H3,(H,50,52)(H,53,59). The van der Waals surface area contributed by atoms with Crippen LogP contribution >= 0.6 is 11.6 Å². The molecule has 17 nitrogen and oxygen atoms in total. The van der Waals surface area contributed by atoms with Gasteiger partial charge in [0.1, 0.15) is 23.4 Å². The van der Waals surface area contributed by atoms with E-state index in [9.17, 15) is 31.7 Å². The molecule has 0 unspecified atom stereocenters. The number of aromatic amines is 1. The number of piperidine rings is 1. The number of nitro groups is 1. The zero-order valence-corrected chi connectivity index (χ0v) is 40.1. The fourth-order valence-corrected chi connectivity index (χ4v) is 11.3. The monoisotopic (exact) mass is 987 g/mol. The van der Waals surface area contributed by atoms with Crippen LogP contribution in [0.5, 0.6) is 5.75 Å². The highest BCUT2D eigenvalue weighted by Gasteiger charge is 2.39. The summed E-state index contributed by atoms with van der Waals surface area (Å²) >= 11 is 6.25. The van der Waals surface area contributed by atoms with E-state index in [1.807, 2.05) is 24.3 Å². The highest BCUT2D eigenvalue weighted by atomic mass is 35.5. The van der Waals surface area contributed by atoms with Crippen LogP contribution < -0.4 is 14.4 Å². The number of aromatic nitrogens is 4. The largest absolute Gasteiger partial charge is 0.483 e. The molecule has 2 fully saturated rings. The van der Waals surface area contributed by atoms with Gasteiger partial charge in [0.25, 0.3) is 15.9 Å². The maximum atomic E-state index is 15.6. The summed E-state index contributed by atoms with van der Waals surface area (Å²) in [6.07, 6.45) is 7.07. The van der Waals surface area contributed by atoms with Crippen LogP contribution in [-0.2, 0) is 20.0 Å². The lowest BCUT2D eigenvalue weighted by molar-refractivity contribution is -0.386. The number of alkyl halides is 1. The lowest BCUT2D eigenvalue weighted by Crippen LogP contribution is -2.47. The molecule has 0 radical (unpaired) electrons. The number of ether oxygens (including phenoxy) is 1. The zero-order chi connectivity index (χ0) is 48.2. The first-order valence-electron chi connectivity index (χ1n) is 22.3. The Morgan fingerprint density at radius 2 is 1.69 bits per heavy atom. The molecule has 1 amide bonds. The lowest BCUT2D eigenvalue weighted by Gasteiger charge is -2.39. The highest BCUT2D eigenvalue weighted by molar-refractivity contribution is 7.90. The molecule has 2 N–H and O–H groups in total. The van der Waals surface area contributed by atoms with E-state index < -0.39 is 59.5 Å². The SMILES string of the molecule is CC1(C)CCC(CN2CCN(c3ccc(C(=O)NS(=O)(=O)c4ccc(OCC5(F)CCN(S(C)(=O)=O)CC5)c([N+](=O)[O-])c4)c(-n4ncc5nc6[nH]ccc6cc54)c3)CC2)=C(c2ccc(Cl)cc2)C1. The number of fused-ring (bicyclic) bond motifs is 2. The average Bonchev–Trinajstić information content (AvgIpc) is 3.94. The molecule has 0 spiro atoms. The Hall–Kier alpha value is -5.93. The summed E-state index contributed by atoms with van der Waals surface area (Å²) in [6.45, 7) is 7.62. The number of rotatable bonds is 13. The van der Waals surface area contributed by atoms with E-state index in [0.717, 1.165) is 78.7 Å². The summed E-state index contributed by atoms with van der Waals surface area (Å²) in [5, 5.41) is 18.3. The van der Waals surface area contributed by atoms with E-state index in [4.69, 9.17) is 16.3 Å². The molecule has 0 bridgehead atoms. The first-order valence-corrected chi connectivity index (χ1v) is 26.0. The minimum atomic E-state index is -4.74. The Labute approximate surface area is 398 Å². The number of amides is 1. The molecule has 3 aromatic carbocycles. The second-order valence-corrected chi connectivity index (χ2v) is 22.8. The van der Waals surface area contributed by atoms with Crippen molar-refractivity contribution in [1.29, 1.82) is 0 Å². The van der Waals surface area contributed by atoms with Crippen LogP contribution in [0, 0.1) is 15.5 Å². The molecular weight excluding hydrogens is 937 g/mol. The van der Waals surface area contributed by atoms with E-state index in [1.165, 1.54) is 22.8 Å². The summed E-state index contributed by atoms with van der Waals surface area (Å²) in [7, 11) is -8.27. The van der Waals surface area contributed by atoms with Gasteiger partial charge in [0.2, 0.25) is 10.0 Å². The molecule has 3 aromatic heterocycles. The Morgan fingerprint density at radius 1 is 0.956 bits per heavy atom. The van der Waals surface area contributed by atoms with E-state index in [0.29, 0.717) is 34.8 Å². The third kappa shape index (κ3) is 9.96. The molecule has 358 valence electrons. The van der Waals surface area contributed by atoms with Crippen LogP contribution in [-0.4, -0.2) is 121 Å². The smallest absolute Gasteiger partial charge is 0.312 e. The molecule has 2 aliphatic heterocycles. The number of halogens is 2. The summed E-state index contributed by atoms with van der Waals surface area (Å²) in [6, 6.07) is 19.7. The van der Waals surface area contributed by atoms with E-state index in [1.54, 1.807) is 29.2 Å². The fraction of sp³-hybridized carbons (Fsp3) is 0.383. The van der Waals surface area contributed by atoms with Crippen LogP contribution in [0.15, 0.2) is 95.7 Å². The van der Waals surface area contributed by atoms with Crippen molar-refractivity contribution in [2.75, 3.05) is 63.6 Å². The first kappa shape index (κ1) is 47.1. The number of piperazine rings is 1. The second-order valence-electron chi connectivity index (χ2n) is 18.7. The molecule has 0 saturated carbocycles. The predicted molar refractivity (Wildman–Crippen MR) is 258 cm³/mol. The van der Waals surface area contributed by atoms with Crippen LogP contribution in [0.2, 0.25) is 5.02 Å². The Morgan fingerprint density at radius 3 is 2.40 bits per heavy atom. The van der Waals surface area contributed by atoms with Crippen molar-refractivity contribution < 1.29 is 35.7 Å². The molecule has 21 heteroatoms. The van der Waals surface area contributed by atoms with Crippen molar-refractivity contribution in [2.45, 2.75) is 56.5 Å². The molecule has 2 saturated heterocycles. The lowest BCUT2D eigenvalue weighted by atomic mass is 9.72. The number of pyridine rings is 1. The molecule has 5 heterocycles. The molecule has 68 heavy (non-hydrogen) atoms. The molecule has 1 aliphatic carbocycles. The number of H-pyrrole nitrogens is 1. The minimum absolute atomic E-state index is 0.0402. The fourth-order valence-electron chi connectivity index (χ4n) is 9.33. The summed E-state index contributed by atoms with van der Waals surface area (Å²) in [5.41, 5.74) is 4.26. The number of benzene rings is 3. The van der Waals surface area contributed by atoms with Crippen LogP contribution in [0.3, 0.4) is 0 Å². The van der Waals surface area contributed by atoms with E-state index in [-0.39, 0.29) is 42.6 Å². The maximum Gasteiger partial charge on any atom is 0.312 e. The van der Waals surface area contributed by atoms with Crippen molar-refractivity contribution in [2.24, 2.45) is 5.41 Å². The number of hydrogen-bond acceptors (Lipinski definition) is 12. The van der Waals surface area contributed by atoms with Crippen molar-refractivity contribution in [1.82, 2.24) is 33.7 Å². The van der Waals surface area contributed by atoms with Gasteiger partial charge in [0, 0.05) is 74.2 Å². The van der Waals surface area contributed by atoms with Gasteiger partial charge < -0.3 is 14.6 Å². The van der Waals surface area contributed by atoms with Crippen molar-refractivity contribution in [3.8, 4) is 11.4 Å². The highest BCUT2D eigenvalue weighted by Crippen LogP contribution is 2.43. The number of nitrogens with one attached hydrogen (secondary N) is 2. The van der Waals surface area contributed by atoms with Gasteiger partial charge >= 0.3 is 5.69 Å². The molecule has 6 aromatic rings. The number of carbonyl (C=O) groups excluding carboxylic acids is 1. The minimum Gasteiger partial charge on any atom is -0.483 e. The number of sulfonamides is 2. The normalized spacial score (nSPS) is 18.3. The third-order valence-corrected chi connectivity index (χ3v) is 16.2. The van der Waals surface area contributed by atoms with Gasteiger partial charge in [-0.2, -0.15) is 5.10 Å². The molecular formula is C47H51ClFN9O8S2. The number of hydrogen-bond donors (Lipinski definition) is 2. The number of anilines is 1. The molecule has 9 rings (SSSR count). The average molecular weight is 989 g/mol. The maximum absolute atomic E-state index is 15.6. The van der Waals surface area contributed by atoms with Gasteiger partial charge in [0.15, 0.2) is 5.75 Å². The van der Waals surface area contributed by atoms with Crippen LogP contribution in [0.25, 0.3) is 33.3 Å².